The van der Waals surface area contributed by atoms with Gasteiger partial charge < -0.3 is 19.9 Å². The maximum atomic E-state index is 6.11. The van der Waals surface area contributed by atoms with Crippen LogP contribution in [0.25, 0.3) is 0 Å². The first-order chi connectivity index (χ1) is 10.1. The van der Waals surface area contributed by atoms with Crippen molar-refractivity contribution in [3.8, 4) is 5.75 Å². The van der Waals surface area contributed by atoms with E-state index in [0.717, 1.165) is 31.1 Å². The summed E-state index contributed by atoms with van der Waals surface area (Å²) in [5.74, 6) is 0.980. The average molecular weight is 289 g/mol. The van der Waals surface area contributed by atoms with Crippen molar-refractivity contribution in [2.45, 2.75) is 30.9 Å². The van der Waals surface area contributed by atoms with E-state index in [9.17, 15) is 0 Å². The van der Waals surface area contributed by atoms with Crippen molar-refractivity contribution < 1.29 is 4.74 Å². The molecule has 0 radical (unpaired) electrons. The van der Waals surface area contributed by atoms with Crippen molar-refractivity contribution in [3.05, 3.63) is 24.3 Å². The maximum Gasteiger partial charge on any atom is 0.142 e. The number of para-hydroxylation sites is 2. The Labute approximate surface area is 128 Å². The number of hydrogen-bond donors (Lipinski definition) is 1. The fourth-order valence-electron chi connectivity index (χ4n) is 3.51. The van der Waals surface area contributed by atoms with Gasteiger partial charge in [0.2, 0.25) is 0 Å². The molecule has 1 aliphatic heterocycles. The largest absolute Gasteiger partial charge is 0.485 e. The second kappa shape index (κ2) is 5.85. The van der Waals surface area contributed by atoms with Crippen LogP contribution in [0.1, 0.15) is 19.3 Å². The van der Waals surface area contributed by atoms with Crippen molar-refractivity contribution in [1.29, 1.82) is 0 Å². The smallest absolute Gasteiger partial charge is 0.142 e. The summed E-state index contributed by atoms with van der Waals surface area (Å²) in [5, 5.41) is 3.47. The minimum atomic E-state index is 0.226. The number of rotatable bonds is 5. The molecule has 0 amide bonds. The Bertz CT molecular complexity index is 485. The number of fused-ring (bicyclic) bond motifs is 1. The number of likely N-dealkylation sites (N-methyl/N-ethyl adjacent to an activating group) is 2. The zero-order valence-corrected chi connectivity index (χ0v) is 13.4. The maximum absolute atomic E-state index is 6.11. The van der Waals surface area contributed by atoms with Crippen LogP contribution < -0.4 is 10.1 Å². The molecule has 1 atom stereocenters. The molecule has 0 bridgehead atoms. The normalized spacial score (nSPS) is 23.2. The Morgan fingerprint density at radius 2 is 2.00 bits per heavy atom. The topological polar surface area (TPSA) is 27.7 Å². The summed E-state index contributed by atoms with van der Waals surface area (Å²) >= 11 is 0. The van der Waals surface area contributed by atoms with E-state index in [-0.39, 0.29) is 6.10 Å². The number of ether oxygens (including phenoxy) is 1. The lowest BCUT2D eigenvalue weighted by Crippen LogP contribution is -2.57. The molecule has 1 aromatic rings. The lowest BCUT2D eigenvalue weighted by atomic mass is 9.75. The fraction of sp³-hybridized carbons (Fsp3) is 0.647. The van der Waals surface area contributed by atoms with E-state index in [2.05, 4.69) is 42.3 Å². The molecule has 2 aliphatic rings. The van der Waals surface area contributed by atoms with Gasteiger partial charge in [-0.1, -0.05) is 12.1 Å². The molecule has 0 spiro atoms. The Hall–Kier alpha value is -1.26. The van der Waals surface area contributed by atoms with Gasteiger partial charge in [0.15, 0.2) is 0 Å². The first-order valence-electron chi connectivity index (χ1n) is 7.95. The molecule has 1 heterocycles. The highest BCUT2D eigenvalue weighted by molar-refractivity contribution is 5.57. The zero-order valence-electron chi connectivity index (χ0n) is 13.4. The van der Waals surface area contributed by atoms with E-state index >= 15 is 0 Å². The molecule has 1 unspecified atom stereocenters. The quantitative estimate of drug-likeness (QED) is 0.900. The second-order valence-electron chi connectivity index (χ2n) is 6.79. The lowest BCUT2D eigenvalue weighted by Gasteiger charge is -2.49. The van der Waals surface area contributed by atoms with Crippen molar-refractivity contribution in [1.82, 2.24) is 9.80 Å². The van der Waals surface area contributed by atoms with Crippen LogP contribution in [0.2, 0.25) is 0 Å². The van der Waals surface area contributed by atoms with Gasteiger partial charge in [-0.3, -0.25) is 0 Å². The van der Waals surface area contributed by atoms with Gasteiger partial charge in [0, 0.05) is 18.6 Å². The summed E-state index contributed by atoms with van der Waals surface area (Å²) in [6, 6.07) is 8.19. The molecular weight excluding hydrogens is 262 g/mol. The monoisotopic (exact) mass is 289 g/mol. The highest BCUT2D eigenvalue weighted by Gasteiger charge is 2.40. The number of benzene rings is 1. The molecule has 1 aliphatic carbocycles. The molecule has 3 rings (SSSR count). The molecule has 21 heavy (non-hydrogen) atoms. The van der Waals surface area contributed by atoms with Crippen LogP contribution >= 0.6 is 0 Å². The van der Waals surface area contributed by atoms with Crippen LogP contribution in [0.15, 0.2) is 24.3 Å². The van der Waals surface area contributed by atoms with Crippen molar-refractivity contribution in [3.63, 3.8) is 0 Å². The van der Waals surface area contributed by atoms with E-state index in [4.69, 9.17) is 4.74 Å². The third-order valence-corrected chi connectivity index (χ3v) is 5.01. The van der Waals surface area contributed by atoms with Gasteiger partial charge in [-0.2, -0.15) is 0 Å². The predicted molar refractivity (Wildman–Crippen MR) is 87.1 cm³/mol. The van der Waals surface area contributed by atoms with Crippen LogP contribution in [0.4, 0.5) is 5.69 Å². The third-order valence-electron chi connectivity index (χ3n) is 5.01. The Morgan fingerprint density at radius 3 is 2.67 bits per heavy atom. The highest BCUT2D eigenvalue weighted by atomic mass is 16.5. The Morgan fingerprint density at radius 1 is 1.24 bits per heavy atom. The van der Waals surface area contributed by atoms with E-state index in [1.165, 1.54) is 19.3 Å². The van der Waals surface area contributed by atoms with Gasteiger partial charge in [-0.05, 0) is 52.5 Å². The fourth-order valence-corrected chi connectivity index (χ4v) is 3.51. The van der Waals surface area contributed by atoms with Crippen LogP contribution in [0.3, 0.4) is 0 Å². The van der Waals surface area contributed by atoms with Crippen molar-refractivity contribution >= 4 is 5.69 Å². The number of anilines is 1. The van der Waals surface area contributed by atoms with Crippen molar-refractivity contribution in [2.24, 2.45) is 0 Å². The second-order valence-corrected chi connectivity index (χ2v) is 6.79. The van der Waals surface area contributed by atoms with E-state index in [1.807, 2.05) is 18.2 Å². The van der Waals surface area contributed by atoms with Crippen LogP contribution in [0.5, 0.6) is 5.75 Å². The molecule has 4 nitrogen and oxygen atoms in total. The van der Waals surface area contributed by atoms with E-state index in [1.54, 1.807) is 0 Å². The highest BCUT2D eigenvalue weighted by Crippen LogP contribution is 2.36. The molecular formula is C17H27N3O. The van der Waals surface area contributed by atoms with Gasteiger partial charge in [-0.15, -0.1) is 0 Å². The van der Waals surface area contributed by atoms with Gasteiger partial charge in [-0.25, -0.2) is 0 Å². The summed E-state index contributed by atoms with van der Waals surface area (Å²) in [7, 11) is 6.64. The van der Waals surface area contributed by atoms with Gasteiger partial charge >= 0.3 is 0 Å². The van der Waals surface area contributed by atoms with E-state index < -0.39 is 0 Å². The molecule has 0 saturated heterocycles. The molecule has 1 fully saturated rings. The van der Waals surface area contributed by atoms with Crippen LogP contribution in [0, 0.1) is 0 Å². The summed E-state index contributed by atoms with van der Waals surface area (Å²) in [5.41, 5.74) is 1.49. The zero-order chi connectivity index (χ0) is 14.9. The SMILES string of the molecule is CN(CC1CNc2ccccc2O1)CC1(N(C)C)CCC1. The molecule has 0 aromatic heterocycles. The van der Waals surface area contributed by atoms with Gasteiger partial charge in [0.25, 0.3) is 0 Å². The molecule has 116 valence electrons. The first-order valence-corrected chi connectivity index (χ1v) is 7.95. The van der Waals surface area contributed by atoms with Crippen molar-refractivity contribution in [2.75, 3.05) is 46.1 Å². The first kappa shape index (κ1) is 14.7. The molecule has 1 aromatic carbocycles. The predicted octanol–water partition coefficient (Wildman–Crippen LogP) is 2.28. The number of nitrogens with zero attached hydrogens (tertiary/aromatic N) is 2. The van der Waals surface area contributed by atoms with Gasteiger partial charge in [0.1, 0.15) is 11.9 Å². The summed E-state index contributed by atoms with van der Waals surface area (Å²) in [6.07, 6.45) is 4.22. The minimum Gasteiger partial charge on any atom is -0.485 e. The summed E-state index contributed by atoms with van der Waals surface area (Å²) in [6.45, 7) is 2.98. The number of hydrogen-bond acceptors (Lipinski definition) is 4. The Balaban J connectivity index is 1.55. The lowest BCUT2D eigenvalue weighted by molar-refractivity contribution is 0.0183. The molecule has 1 saturated carbocycles. The minimum absolute atomic E-state index is 0.226. The number of nitrogens with one attached hydrogen (secondary N) is 1. The molecule has 4 heteroatoms. The average Bonchev–Trinajstić information content (AvgIpc) is 2.42. The molecule has 1 N–H and O–H groups in total. The summed E-state index contributed by atoms with van der Waals surface area (Å²) < 4.78 is 6.11. The summed E-state index contributed by atoms with van der Waals surface area (Å²) in [4.78, 5) is 4.84. The van der Waals surface area contributed by atoms with Gasteiger partial charge in [0.05, 0.1) is 12.2 Å². The van der Waals surface area contributed by atoms with E-state index in [0.29, 0.717) is 5.54 Å². The third kappa shape index (κ3) is 3.01. The standard InChI is InChI=1S/C17H27N3O/c1-19(2)17(9-6-10-17)13-20(3)12-14-11-18-15-7-4-5-8-16(15)21-14/h4-5,7-8,14,18H,6,9-13H2,1-3H3. The Kier molecular flexibility index (Phi) is 4.09. The van der Waals surface area contributed by atoms with Crippen LogP contribution in [-0.4, -0.2) is 62.2 Å². The van der Waals surface area contributed by atoms with Crippen LogP contribution in [-0.2, 0) is 0 Å².